The second kappa shape index (κ2) is 8.60. The average Bonchev–Trinajstić information content (AvgIpc) is 2.61. The number of hydrogen-bond donors (Lipinski definition) is 0. The molecule has 1 saturated heterocycles. The van der Waals surface area contributed by atoms with E-state index < -0.39 is 4.92 Å². The highest BCUT2D eigenvalue weighted by molar-refractivity contribution is 5.98. The van der Waals surface area contributed by atoms with Gasteiger partial charge in [0.1, 0.15) is 0 Å². The van der Waals surface area contributed by atoms with Crippen LogP contribution in [0.3, 0.4) is 0 Å². The van der Waals surface area contributed by atoms with Crippen LogP contribution in [0.25, 0.3) is 0 Å². The molecule has 25 heavy (non-hydrogen) atoms. The Hall–Kier alpha value is -2.44. The van der Waals surface area contributed by atoms with Crippen LogP contribution in [0.1, 0.15) is 49.9 Å². The number of ketones is 1. The van der Waals surface area contributed by atoms with Crippen molar-refractivity contribution >= 4 is 17.4 Å². The van der Waals surface area contributed by atoms with Crippen molar-refractivity contribution in [1.29, 1.82) is 0 Å². The predicted octanol–water partition coefficient (Wildman–Crippen LogP) is 3.21. The summed E-state index contributed by atoms with van der Waals surface area (Å²) in [6.45, 7) is 5.10. The van der Waals surface area contributed by atoms with Crippen LogP contribution >= 0.6 is 0 Å². The van der Waals surface area contributed by atoms with Crippen molar-refractivity contribution in [1.82, 2.24) is 4.90 Å². The number of carbonyl (C=O) groups excluding carboxylic acids is 2. The Balaban J connectivity index is 2.00. The molecule has 1 aliphatic heterocycles. The lowest BCUT2D eigenvalue weighted by molar-refractivity contribution is -0.385. The number of likely N-dealkylation sites (tertiary alicyclic amines) is 1. The normalized spacial score (nSPS) is 14.4. The first kappa shape index (κ1) is 18.9. The maximum atomic E-state index is 12.1. The number of hydrogen-bond acceptors (Lipinski definition) is 5. The van der Waals surface area contributed by atoms with E-state index in [-0.39, 0.29) is 42.1 Å². The molecule has 0 saturated carbocycles. The van der Waals surface area contributed by atoms with Gasteiger partial charge in [0.15, 0.2) is 11.5 Å². The number of nitro benzene ring substituents is 1. The summed E-state index contributed by atoms with van der Waals surface area (Å²) in [6, 6.07) is 4.19. The van der Waals surface area contributed by atoms with Crippen molar-refractivity contribution in [2.75, 3.05) is 19.7 Å². The Labute approximate surface area is 147 Å². The maximum Gasteiger partial charge on any atom is 0.311 e. The highest BCUT2D eigenvalue weighted by atomic mass is 16.6. The number of ether oxygens (including phenoxy) is 1. The van der Waals surface area contributed by atoms with Crippen LogP contribution in [0.5, 0.6) is 5.75 Å². The van der Waals surface area contributed by atoms with Crippen LogP contribution in [-0.2, 0) is 4.79 Å². The molecule has 1 aliphatic rings. The van der Waals surface area contributed by atoms with Gasteiger partial charge in [-0.25, -0.2) is 0 Å². The fourth-order valence-electron chi connectivity index (χ4n) is 2.82. The topological polar surface area (TPSA) is 89.8 Å². The van der Waals surface area contributed by atoms with Gasteiger partial charge in [0.05, 0.1) is 18.0 Å². The van der Waals surface area contributed by atoms with Gasteiger partial charge in [-0.15, -0.1) is 0 Å². The largest absolute Gasteiger partial charge is 0.486 e. The van der Waals surface area contributed by atoms with E-state index in [4.69, 9.17) is 4.74 Å². The Bertz CT molecular complexity index is 651. The minimum atomic E-state index is -0.571. The molecule has 7 heteroatoms. The van der Waals surface area contributed by atoms with Gasteiger partial charge in [-0.1, -0.05) is 13.8 Å². The monoisotopic (exact) mass is 348 g/mol. The lowest BCUT2D eigenvalue weighted by Gasteiger charge is -2.26. The summed E-state index contributed by atoms with van der Waals surface area (Å²) in [7, 11) is 0. The molecule has 1 heterocycles. The van der Waals surface area contributed by atoms with Crippen LogP contribution in [0, 0.1) is 16.0 Å². The number of Topliss-reactive ketones (excluding diaryl/α,β-unsaturated/α-hetero) is 1. The van der Waals surface area contributed by atoms with Gasteiger partial charge in [-0.3, -0.25) is 19.7 Å². The lowest BCUT2D eigenvalue weighted by atomic mass is 10.0. The van der Waals surface area contributed by atoms with E-state index in [2.05, 4.69) is 0 Å². The van der Waals surface area contributed by atoms with Crippen molar-refractivity contribution in [2.45, 2.75) is 39.5 Å². The van der Waals surface area contributed by atoms with E-state index in [0.717, 1.165) is 32.4 Å². The van der Waals surface area contributed by atoms with Gasteiger partial charge in [0.25, 0.3) is 0 Å². The van der Waals surface area contributed by atoms with Crippen molar-refractivity contribution in [3.63, 3.8) is 0 Å². The minimum Gasteiger partial charge on any atom is -0.486 e. The van der Waals surface area contributed by atoms with E-state index in [1.54, 1.807) is 13.8 Å². The standard InChI is InChI=1S/C18H24N2O5/c1-13(2)18(22)14-6-7-16(15(12-14)20(23)24)25-11-8-17(21)19-9-4-3-5-10-19/h6-7,12-13H,3-5,8-11H2,1-2H3. The van der Waals surface area contributed by atoms with Gasteiger partial charge in [0.2, 0.25) is 5.91 Å². The summed E-state index contributed by atoms with van der Waals surface area (Å²) >= 11 is 0. The fraction of sp³-hybridized carbons (Fsp3) is 0.556. The number of nitro groups is 1. The molecule has 136 valence electrons. The molecule has 0 spiro atoms. The van der Waals surface area contributed by atoms with E-state index >= 15 is 0 Å². The van der Waals surface area contributed by atoms with Gasteiger partial charge in [-0.05, 0) is 31.4 Å². The smallest absolute Gasteiger partial charge is 0.311 e. The summed E-state index contributed by atoms with van der Waals surface area (Å²) in [4.78, 5) is 36.6. The second-order valence-electron chi connectivity index (χ2n) is 6.50. The molecule has 1 aromatic carbocycles. The predicted molar refractivity (Wildman–Crippen MR) is 92.8 cm³/mol. The third-order valence-electron chi connectivity index (χ3n) is 4.25. The highest BCUT2D eigenvalue weighted by Gasteiger charge is 2.21. The molecule has 0 radical (unpaired) electrons. The molecule has 0 bridgehead atoms. The molecule has 1 fully saturated rings. The Morgan fingerprint density at radius 2 is 1.92 bits per heavy atom. The first-order valence-electron chi connectivity index (χ1n) is 8.63. The van der Waals surface area contributed by atoms with Crippen LogP contribution < -0.4 is 4.74 Å². The number of carbonyl (C=O) groups is 2. The van der Waals surface area contributed by atoms with Crippen LogP contribution in [-0.4, -0.2) is 41.2 Å². The summed E-state index contributed by atoms with van der Waals surface area (Å²) < 4.78 is 5.45. The maximum absolute atomic E-state index is 12.1. The first-order valence-corrected chi connectivity index (χ1v) is 8.63. The van der Waals surface area contributed by atoms with E-state index in [9.17, 15) is 19.7 Å². The van der Waals surface area contributed by atoms with Crippen LogP contribution in [0.2, 0.25) is 0 Å². The van der Waals surface area contributed by atoms with Gasteiger partial charge >= 0.3 is 5.69 Å². The molecule has 0 atom stereocenters. The zero-order chi connectivity index (χ0) is 18.4. The van der Waals surface area contributed by atoms with E-state index in [0.29, 0.717) is 5.56 Å². The molecule has 0 unspecified atom stereocenters. The molecule has 0 aromatic heterocycles. The highest BCUT2D eigenvalue weighted by Crippen LogP contribution is 2.29. The third kappa shape index (κ3) is 5.01. The first-order chi connectivity index (χ1) is 11.9. The zero-order valence-electron chi connectivity index (χ0n) is 14.7. The van der Waals surface area contributed by atoms with Gasteiger partial charge in [0, 0.05) is 30.6 Å². The number of piperidine rings is 1. The summed E-state index contributed by atoms with van der Waals surface area (Å²) in [5.74, 6) is -0.311. The molecule has 0 N–H and O–H groups in total. The van der Waals surface area contributed by atoms with Gasteiger partial charge < -0.3 is 9.64 Å². The summed E-state index contributed by atoms with van der Waals surface area (Å²) in [5, 5.41) is 11.2. The second-order valence-corrected chi connectivity index (χ2v) is 6.50. The molecular weight excluding hydrogens is 324 g/mol. The lowest BCUT2D eigenvalue weighted by Crippen LogP contribution is -2.36. The van der Waals surface area contributed by atoms with Crippen molar-refractivity contribution in [2.24, 2.45) is 5.92 Å². The Morgan fingerprint density at radius 1 is 1.24 bits per heavy atom. The van der Waals surface area contributed by atoms with E-state index in [1.165, 1.54) is 18.2 Å². The van der Waals surface area contributed by atoms with Crippen LogP contribution in [0.15, 0.2) is 18.2 Å². The molecule has 7 nitrogen and oxygen atoms in total. The van der Waals surface area contributed by atoms with E-state index in [1.807, 2.05) is 4.90 Å². The number of nitrogens with zero attached hydrogens (tertiary/aromatic N) is 2. The quantitative estimate of drug-likeness (QED) is 0.429. The summed E-state index contributed by atoms with van der Waals surface area (Å²) in [5.41, 5.74) is 0.0374. The minimum absolute atomic E-state index is 0.00830. The van der Waals surface area contributed by atoms with Crippen molar-refractivity contribution in [3.05, 3.63) is 33.9 Å². The number of rotatable bonds is 7. The van der Waals surface area contributed by atoms with Crippen molar-refractivity contribution in [3.8, 4) is 5.75 Å². The number of benzene rings is 1. The Morgan fingerprint density at radius 3 is 2.52 bits per heavy atom. The molecule has 0 aliphatic carbocycles. The fourth-order valence-corrected chi connectivity index (χ4v) is 2.82. The molecular formula is C18H24N2O5. The molecule has 1 aromatic rings. The third-order valence-corrected chi connectivity index (χ3v) is 4.25. The van der Waals surface area contributed by atoms with Gasteiger partial charge in [-0.2, -0.15) is 0 Å². The number of amides is 1. The van der Waals surface area contributed by atoms with Crippen molar-refractivity contribution < 1.29 is 19.2 Å². The zero-order valence-corrected chi connectivity index (χ0v) is 14.7. The molecule has 1 amide bonds. The SMILES string of the molecule is CC(C)C(=O)c1ccc(OCCC(=O)N2CCCCC2)c([N+](=O)[O-])c1. The molecule has 2 rings (SSSR count). The Kier molecular flexibility index (Phi) is 6.50. The van der Waals surface area contributed by atoms with Crippen LogP contribution in [0.4, 0.5) is 5.69 Å². The average molecular weight is 348 g/mol. The summed E-state index contributed by atoms with van der Waals surface area (Å²) in [6.07, 6.45) is 3.37.